The van der Waals surface area contributed by atoms with Gasteiger partial charge in [0.15, 0.2) is 12.1 Å². The van der Waals surface area contributed by atoms with Gasteiger partial charge in [0.1, 0.15) is 18.4 Å². The van der Waals surface area contributed by atoms with Gasteiger partial charge in [-0.25, -0.2) is 0 Å². The predicted octanol–water partition coefficient (Wildman–Crippen LogP) is 5.61. The lowest BCUT2D eigenvalue weighted by Gasteiger charge is -2.49. The third-order valence-electron chi connectivity index (χ3n) is 16.1. The number of ether oxygens (including phenoxy) is 5. The van der Waals surface area contributed by atoms with Gasteiger partial charge in [-0.3, -0.25) is 4.90 Å². The van der Waals surface area contributed by atoms with Crippen LogP contribution in [0.4, 0.5) is 0 Å². The molecule has 0 amide bonds. The molecule has 1 saturated carbocycles. The minimum Gasteiger partial charge on any atom is -0.393 e. The average Bonchev–Trinajstić information content (AvgIpc) is 3.30. The van der Waals surface area contributed by atoms with Crippen molar-refractivity contribution in [3.05, 3.63) is 36.0 Å². The number of methoxy groups -OCH3 is 3. The van der Waals surface area contributed by atoms with Crippen LogP contribution in [0.25, 0.3) is 0 Å². The van der Waals surface area contributed by atoms with Gasteiger partial charge in [-0.2, -0.15) is 0 Å². The Morgan fingerprint density at radius 3 is 2.12 bits per heavy atom. The van der Waals surface area contributed by atoms with Crippen molar-refractivity contribution in [3.8, 4) is 0 Å². The van der Waals surface area contributed by atoms with Gasteiger partial charge in [0.25, 0.3) is 0 Å². The van der Waals surface area contributed by atoms with Crippen LogP contribution in [-0.2, 0) is 23.7 Å². The number of piperidine rings is 1. The number of aliphatic hydroxyl groups excluding tert-OH is 7. The second-order valence-electron chi connectivity index (χ2n) is 21.3. The first kappa shape index (κ1) is 57.2. The molecule has 1 aliphatic carbocycles. The van der Waals surface area contributed by atoms with Crippen molar-refractivity contribution >= 4 is 0 Å². The molecular formula is C52H93NO13. The molecule has 14 nitrogen and oxygen atoms in total. The first-order valence-corrected chi connectivity index (χ1v) is 25.4. The maximum Gasteiger partial charge on any atom is 0.198 e. The van der Waals surface area contributed by atoms with Crippen molar-refractivity contribution in [1.82, 2.24) is 4.90 Å². The van der Waals surface area contributed by atoms with Crippen LogP contribution < -0.4 is 0 Å². The van der Waals surface area contributed by atoms with Crippen LogP contribution in [0.5, 0.6) is 0 Å². The van der Waals surface area contributed by atoms with Crippen molar-refractivity contribution in [2.75, 3.05) is 27.9 Å². The van der Waals surface area contributed by atoms with E-state index < -0.39 is 79.1 Å². The standard InChI is InChI=1S/C52H93NO13/c1-31-16-12-11-13-17-32(2)43(62-8)29-39-23-21-37(7)52(61,66-39)49(58)50(59)53-25-15-14-18-40(53)51(60)65-44(35(5)27-38-22-24-41(54)45(28-38)63-9)30-42(55)34(4)26-36(6)47(57)48(64-10)46(56)33(3)20-19-31/h11-13,16-17,31,33-51,54-61H,14-15,18-30H2,1-10H3/b13-11+,16-12+,32-17+. The molecule has 2 bridgehead atoms. The third-order valence-corrected chi connectivity index (χ3v) is 16.1. The molecule has 8 N–H and O–H groups in total. The highest BCUT2D eigenvalue weighted by Gasteiger charge is 2.53. The normalized spacial score (nSPS) is 46.5. The Bertz CT molecular complexity index is 1480. The fourth-order valence-electron chi connectivity index (χ4n) is 11.3. The predicted molar refractivity (Wildman–Crippen MR) is 255 cm³/mol. The minimum absolute atomic E-state index is 0.141. The molecule has 14 heteroatoms. The first-order chi connectivity index (χ1) is 31.2. The van der Waals surface area contributed by atoms with Crippen molar-refractivity contribution in [2.45, 2.75) is 224 Å². The molecule has 21 unspecified atom stereocenters. The first-order valence-electron chi connectivity index (χ1n) is 25.4. The largest absolute Gasteiger partial charge is 0.393 e. The molecule has 0 radical (unpaired) electrons. The summed E-state index contributed by atoms with van der Waals surface area (Å²) in [5.74, 6) is -3.04. The molecule has 66 heavy (non-hydrogen) atoms. The summed E-state index contributed by atoms with van der Waals surface area (Å²) in [6, 6.07) is -0.735. The fraction of sp³-hybridized carbons (Fsp3) is 0.885. The Hall–Kier alpha value is -1.34. The number of aliphatic hydroxyl groups is 8. The molecule has 0 aromatic heterocycles. The van der Waals surface area contributed by atoms with Crippen molar-refractivity contribution in [2.24, 2.45) is 41.4 Å². The minimum atomic E-state index is -2.08. The Labute approximate surface area is 397 Å². The van der Waals surface area contributed by atoms with Gasteiger partial charge in [-0.05, 0) is 119 Å². The van der Waals surface area contributed by atoms with E-state index in [1.807, 2.05) is 58.9 Å². The topological polar surface area (TPSA) is 211 Å². The van der Waals surface area contributed by atoms with Gasteiger partial charge in [-0.15, -0.1) is 0 Å². The summed E-state index contributed by atoms with van der Waals surface area (Å²) in [4.78, 5) is 1.62. The summed E-state index contributed by atoms with van der Waals surface area (Å²) in [6.45, 7) is 14.1. The van der Waals surface area contributed by atoms with E-state index in [1.54, 1.807) is 19.1 Å². The molecule has 0 aromatic carbocycles. The van der Waals surface area contributed by atoms with Crippen molar-refractivity contribution in [1.29, 1.82) is 0 Å². The van der Waals surface area contributed by atoms with Crippen LogP contribution in [0.3, 0.4) is 0 Å². The van der Waals surface area contributed by atoms with E-state index in [-0.39, 0.29) is 54.1 Å². The summed E-state index contributed by atoms with van der Waals surface area (Å²) >= 11 is 0. The van der Waals surface area contributed by atoms with Gasteiger partial charge >= 0.3 is 0 Å². The number of nitrogens with zero attached hydrogens (tertiary/aromatic N) is 1. The zero-order valence-corrected chi connectivity index (χ0v) is 42.1. The lowest BCUT2D eigenvalue weighted by molar-refractivity contribution is -0.347. The second kappa shape index (κ2) is 27.3. The number of hydrogen-bond donors (Lipinski definition) is 8. The summed E-state index contributed by atoms with van der Waals surface area (Å²) < 4.78 is 30.3. The highest BCUT2D eigenvalue weighted by molar-refractivity contribution is 5.18. The molecule has 384 valence electrons. The summed E-state index contributed by atoms with van der Waals surface area (Å²) in [5.41, 5.74) is 0.963. The van der Waals surface area contributed by atoms with Crippen LogP contribution in [0, 0.1) is 41.4 Å². The number of allylic oxidation sites excluding steroid dienone is 5. The highest BCUT2D eigenvalue weighted by atomic mass is 16.7. The Balaban J connectivity index is 1.65. The molecule has 3 aliphatic heterocycles. The molecule has 4 aliphatic rings. The molecule has 4 rings (SSSR count). The Morgan fingerprint density at radius 1 is 0.727 bits per heavy atom. The molecular weight excluding hydrogens is 847 g/mol. The van der Waals surface area contributed by atoms with Gasteiger partial charge in [-0.1, -0.05) is 78.3 Å². The quantitative estimate of drug-likeness (QED) is 0.163. The summed E-state index contributed by atoms with van der Waals surface area (Å²) in [5, 5.41) is 93.6. The zero-order chi connectivity index (χ0) is 48.9. The monoisotopic (exact) mass is 940 g/mol. The van der Waals surface area contributed by atoms with Crippen molar-refractivity contribution < 1.29 is 64.5 Å². The number of rotatable bonds is 6. The van der Waals surface area contributed by atoms with Crippen LogP contribution in [0.1, 0.15) is 138 Å². The van der Waals surface area contributed by atoms with Crippen LogP contribution in [-0.4, -0.2) is 159 Å². The molecule has 0 spiro atoms. The van der Waals surface area contributed by atoms with Gasteiger partial charge in [0.2, 0.25) is 0 Å². The molecule has 2 saturated heterocycles. The van der Waals surface area contributed by atoms with Gasteiger partial charge in [0.05, 0.1) is 54.9 Å². The Morgan fingerprint density at radius 2 is 1.44 bits per heavy atom. The maximum absolute atomic E-state index is 12.1. The molecule has 21 atom stereocenters. The molecule has 0 aromatic rings. The zero-order valence-electron chi connectivity index (χ0n) is 42.1. The van der Waals surface area contributed by atoms with E-state index in [1.165, 1.54) is 7.11 Å². The van der Waals surface area contributed by atoms with Gasteiger partial charge < -0.3 is 64.5 Å². The number of fused-ring (bicyclic) bond motifs is 3. The second-order valence-corrected chi connectivity index (χ2v) is 21.3. The fourth-order valence-corrected chi connectivity index (χ4v) is 11.3. The average molecular weight is 940 g/mol. The summed E-state index contributed by atoms with van der Waals surface area (Å²) in [6.07, 6.45) is 7.99. The van der Waals surface area contributed by atoms with Crippen LogP contribution in [0.15, 0.2) is 36.0 Å². The Kier molecular flexibility index (Phi) is 23.7. The SMILES string of the molecule is COC1CC2CCC(C)C(O)(O2)C(O)C(O)N2CCCCC2C(O)OC(C(C)CC2CCC(O)C(OC)C2)CC(O)C(C)CC(C)C(O)C(OC)C(O)C(C)CCC(C)/C=C/C=C/C=C/1C. The van der Waals surface area contributed by atoms with E-state index >= 15 is 0 Å². The van der Waals surface area contributed by atoms with Gasteiger partial charge in [0, 0.05) is 46.6 Å². The third kappa shape index (κ3) is 15.6. The van der Waals surface area contributed by atoms with Crippen molar-refractivity contribution in [3.63, 3.8) is 0 Å². The highest BCUT2D eigenvalue weighted by Crippen LogP contribution is 2.40. The maximum atomic E-state index is 12.1. The summed E-state index contributed by atoms with van der Waals surface area (Å²) in [7, 11) is 4.76. The molecule has 3 fully saturated rings. The number of hydrogen-bond acceptors (Lipinski definition) is 14. The van der Waals surface area contributed by atoms with E-state index in [9.17, 15) is 40.9 Å². The van der Waals surface area contributed by atoms with E-state index in [0.717, 1.165) is 31.3 Å². The molecule has 3 heterocycles. The van der Waals surface area contributed by atoms with Crippen LogP contribution in [0.2, 0.25) is 0 Å². The lowest BCUT2D eigenvalue weighted by atomic mass is 9.77. The van der Waals surface area contributed by atoms with Crippen LogP contribution >= 0.6 is 0 Å². The van der Waals surface area contributed by atoms with E-state index in [0.29, 0.717) is 64.3 Å². The van der Waals surface area contributed by atoms with E-state index in [2.05, 4.69) is 19.9 Å². The van der Waals surface area contributed by atoms with E-state index in [4.69, 9.17) is 23.7 Å². The lowest BCUT2D eigenvalue weighted by Crippen LogP contribution is -2.65. The smallest absolute Gasteiger partial charge is 0.198 e.